The van der Waals surface area contributed by atoms with Crippen molar-refractivity contribution in [2.45, 2.75) is 56.7 Å². The fourth-order valence-electron chi connectivity index (χ4n) is 5.64. The molecule has 2 aliphatic rings. The van der Waals surface area contributed by atoms with Crippen LogP contribution in [0.15, 0.2) is 60.7 Å². The normalized spacial score (nSPS) is 24.6. The van der Waals surface area contributed by atoms with E-state index >= 15 is 0 Å². The van der Waals surface area contributed by atoms with E-state index in [1.807, 2.05) is 0 Å². The molecule has 0 aliphatic carbocycles. The van der Waals surface area contributed by atoms with E-state index in [1.54, 1.807) is 0 Å². The van der Waals surface area contributed by atoms with Gasteiger partial charge in [-0.3, -0.25) is 9.69 Å². The molecule has 5 heteroatoms. The number of rotatable bonds is 5. The zero-order valence-electron chi connectivity index (χ0n) is 18.6. The molecule has 0 bridgehead atoms. The second-order valence-corrected chi connectivity index (χ2v) is 13.9. The highest BCUT2D eigenvalue weighted by molar-refractivity contribution is 6.99. The molecule has 1 unspecified atom stereocenters. The van der Waals surface area contributed by atoms with Crippen molar-refractivity contribution in [1.82, 2.24) is 4.90 Å². The lowest BCUT2D eigenvalue weighted by molar-refractivity contribution is -0.151. The van der Waals surface area contributed by atoms with Gasteiger partial charge < -0.3 is 9.16 Å². The van der Waals surface area contributed by atoms with Crippen LogP contribution in [0.3, 0.4) is 0 Å². The third-order valence-corrected chi connectivity index (χ3v) is 12.0. The van der Waals surface area contributed by atoms with Crippen LogP contribution in [0, 0.1) is 0 Å². The SMILES string of the molecule is COC(=O)C12CCCN1C[C@@H](O[Si](c1ccccc1)(c1ccccc1)C(C)(C)C)C2. The predicted octanol–water partition coefficient (Wildman–Crippen LogP) is 3.34. The van der Waals surface area contributed by atoms with Gasteiger partial charge in [0.15, 0.2) is 0 Å². The molecule has 2 fully saturated rings. The first-order valence-electron chi connectivity index (χ1n) is 11.0. The average molecular weight is 424 g/mol. The van der Waals surface area contributed by atoms with Crippen LogP contribution in [0.5, 0.6) is 0 Å². The Morgan fingerprint density at radius 3 is 2.10 bits per heavy atom. The lowest BCUT2D eigenvalue weighted by Crippen LogP contribution is -2.67. The lowest BCUT2D eigenvalue weighted by Gasteiger charge is -2.44. The minimum absolute atomic E-state index is 0.00991. The molecule has 2 heterocycles. The highest BCUT2D eigenvalue weighted by Gasteiger charge is 2.58. The first-order valence-corrected chi connectivity index (χ1v) is 12.9. The van der Waals surface area contributed by atoms with E-state index < -0.39 is 13.9 Å². The van der Waals surface area contributed by atoms with E-state index in [2.05, 4.69) is 86.3 Å². The fraction of sp³-hybridized carbons (Fsp3) is 0.480. The number of fused-ring (bicyclic) bond motifs is 1. The maximum atomic E-state index is 12.8. The first kappa shape index (κ1) is 21.3. The molecule has 160 valence electrons. The minimum atomic E-state index is -2.62. The number of ether oxygens (including phenoxy) is 1. The van der Waals surface area contributed by atoms with Gasteiger partial charge in [0, 0.05) is 13.0 Å². The molecule has 2 atom stereocenters. The van der Waals surface area contributed by atoms with E-state index in [9.17, 15) is 4.79 Å². The number of carbonyl (C=O) groups excluding carboxylic acids is 1. The molecule has 0 aromatic heterocycles. The quantitative estimate of drug-likeness (QED) is 0.546. The summed E-state index contributed by atoms with van der Waals surface area (Å²) in [6.45, 7) is 8.62. The number of benzene rings is 2. The topological polar surface area (TPSA) is 38.8 Å². The lowest BCUT2D eigenvalue weighted by atomic mass is 9.93. The van der Waals surface area contributed by atoms with Crippen molar-refractivity contribution in [1.29, 1.82) is 0 Å². The third kappa shape index (κ3) is 3.33. The van der Waals surface area contributed by atoms with Crippen LogP contribution in [-0.4, -0.2) is 51.0 Å². The van der Waals surface area contributed by atoms with Crippen LogP contribution >= 0.6 is 0 Å². The van der Waals surface area contributed by atoms with Gasteiger partial charge in [0.1, 0.15) is 5.54 Å². The van der Waals surface area contributed by atoms with Crippen LogP contribution in [0.4, 0.5) is 0 Å². The Balaban J connectivity index is 1.78. The number of esters is 1. The van der Waals surface area contributed by atoms with Crippen molar-refractivity contribution in [3.05, 3.63) is 60.7 Å². The Kier molecular flexibility index (Phi) is 5.64. The fourth-order valence-corrected chi connectivity index (χ4v) is 10.3. The van der Waals surface area contributed by atoms with Gasteiger partial charge in [-0.25, -0.2) is 0 Å². The Hall–Kier alpha value is -1.95. The van der Waals surface area contributed by atoms with Gasteiger partial charge in [0.05, 0.1) is 13.2 Å². The Bertz CT molecular complexity index is 841. The Morgan fingerprint density at radius 1 is 1.03 bits per heavy atom. The van der Waals surface area contributed by atoms with Crippen LogP contribution < -0.4 is 10.4 Å². The molecule has 0 saturated carbocycles. The number of nitrogens with zero attached hydrogens (tertiary/aromatic N) is 1. The highest BCUT2D eigenvalue weighted by Crippen LogP contribution is 2.44. The van der Waals surface area contributed by atoms with E-state index in [1.165, 1.54) is 17.5 Å². The number of hydrogen-bond acceptors (Lipinski definition) is 4. The van der Waals surface area contributed by atoms with Crippen LogP contribution in [0.1, 0.15) is 40.0 Å². The van der Waals surface area contributed by atoms with E-state index in [0.717, 1.165) is 25.9 Å². The highest BCUT2D eigenvalue weighted by atomic mass is 28.4. The minimum Gasteiger partial charge on any atom is -0.468 e. The zero-order chi connectivity index (χ0) is 21.4. The number of methoxy groups -OCH3 is 1. The van der Waals surface area contributed by atoms with Crippen LogP contribution in [0.2, 0.25) is 5.04 Å². The van der Waals surface area contributed by atoms with E-state index in [0.29, 0.717) is 6.42 Å². The smallest absolute Gasteiger partial charge is 0.326 e. The molecule has 0 N–H and O–H groups in total. The molecule has 0 radical (unpaired) electrons. The molecule has 2 saturated heterocycles. The monoisotopic (exact) mass is 423 g/mol. The molecule has 30 heavy (non-hydrogen) atoms. The molecule has 4 nitrogen and oxygen atoms in total. The molecule has 0 spiro atoms. The van der Waals surface area contributed by atoms with Crippen molar-refractivity contribution in [2.75, 3.05) is 20.2 Å². The van der Waals surface area contributed by atoms with Crippen molar-refractivity contribution in [3.63, 3.8) is 0 Å². The summed E-state index contributed by atoms with van der Waals surface area (Å²) in [4.78, 5) is 15.1. The molecule has 2 aromatic carbocycles. The van der Waals surface area contributed by atoms with E-state index in [-0.39, 0.29) is 17.1 Å². The maximum absolute atomic E-state index is 12.8. The zero-order valence-corrected chi connectivity index (χ0v) is 19.6. The Morgan fingerprint density at radius 2 is 1.60 bits per heavy atom. The van der Waals surface area contributed by atoms with Gasteiger partial charge >= 0.3 is 5.97 Å². The third-order valence-electron chi connectivity index (χ3n) is 6.94. The van der Waals surface area contributed by atoms with Crippen molar-refractivity contribution in [2.24, 2.45) is 0 Å². The number of carbonyl (C=O) groups is 1. The molecule has 0 amide bonds. The van der Waals surface area contributed by atoms with Gasteiger partial charge in [-0.2, -0.15) is 0 Å². The average Bonchev–Trinajstić information content (AvgIpc) is 3.29. The summed E-state index contributed by atoms with van der Waals surface area (Å²) >= 11 is 0. The van der Waals surface area contributed by atoms with Gasteiger partial charge in [0.2, 0.25) is 0 Å². The molecular formula is C25H33NO3Si. The summed E-state index contributed by atoms with van der Waals surface area (Å²) in [7, 11) is -1.12. The standard InChI is InChI=1S/C25H33NO3Si/c1-24(2,3)30(21-12-7-5-8-13-21,22-14-9-6-10-15-22)29-20-18-25(23(27)28-4)16-11-17-26(25)19-20/h5-10,12-15,20H,11,16-19H2,1-4H3/t20-,25?/m0/s1. The summed E-state index contributed by atoms with van der Waals surface area (Å²) in [5.74, 6) is -0.103. The van der Waals surface area contributed by atoms with Crippen molar-refractivity contribution >= 4 is 24.7 Å². The second-order valence-electron chi connectivity index (χ2n) is 9.68. The van der Waals surface area contributed by atoms with Crippen molar-refractivity contribution < 1.29 is 14.0 Å². The molecular weight excluding hydrogens is 390 g/mol. The molecule has 4 rings (SSSR count). The molecule has 2 aromatic rings. The van der Waals surface area contributed by atoms with E-state index in [4.69, 9.17) is 9.16 Å². The van der Waals surface area contributed by atoms with Crippen LogP contribution in [-0.2, 0) is 14.0 Å². The summed E-state index contributed by atoms with van der Waals surface area (Å²) in [5.41, 5.74) is -0.509. The van der Waals surface area contributed by atoms with Crippen molar-refractivity contribution in [3.8, 4) is 0 Å². The van der Waals surface area contributed by atoms with Gasteiger partial charge in [-0.1, -0.05) is 81.4 Å². The van der Waals surface area contributed by atoms with Gasteiger partial charge in [-0.05, 0) is 34.8 Å². The second kappa shape index (κ2) is 7.95. The number of hydrogen-bond donors (Lipinski definition) is 0. The molecule has 2 aliphatic heterocycles. The largest absolute Gasteiger partial charge is 0.468 e. The van der Waals surface area contributed by atoms with Gasteiger partial charge in [-0.15, -0.1) is 0 Å². The summed E-state index contributed by atoms with van der Waals surface area (Å²) in [5, 5.41) is 2.49. The Labute approximate surface area is 181 Å². The summed E-state index contributed by atoms with van der Waals surface area (Å²) < 4.78 is 12.5. The first-order chi connectivity index (χ1) is 14.3. The predicted molar refractivity (Wildman–Crippen MR) is 123 cm³/mol. The van der Waals surface area contributed by atoms with Gasteiger partial charge in [0.25, 0.3) is 8.32 Å². The maximum Gasteiger partial charge on any atom is 0.326 e. The summed E-state index contributed by atoms with van der Waals surface area (Å²) in [6.07, 6.45) is 2.63. The van der Waals surface area contributed by atoms with Crippen LogP contribution in [0.25, 0.3) is 0 Å². The summed E-state index contributed by atoms with van der Waals surface area (Å²) in [6, 6.07) is 21.4.